The van der Waals surface area contributed by atoms with Crippen molar-refractivity contribution in [2.75, 3.05) is 7.11 Å². The third kappa shape index (κ3) is 1.96. The summed E-state index contributed by atoms with van der Waals surface area (Å²) in [4.78, 5) is 10.5. The molecule has 0 saturated heterocycles. The SMILES string of the molecule is CCn1cc(C=O)cc1C(O)OC. The summed E-state index contributed by atoms with van der Waals surface area (Å²) >= 11 is 0. The van der Waals surface area contributed by atoms with E-state index in [9.17, 15) is 9.90 Å². The molecule has 1 aromatic heterocycles. The van der Waals surface area contributed by atoms with Gasteiger partial charge in [-0.25, -0.2) is 0 Å². The topological polar surface area (TPSA) is 51.5 Å². The maximum atomic E-state index is 10.5. The molecule has 13 heavy (non-hydrogen) atoms. The molecule has 0 aliphatic carbocycles. The Hall–Kier alpha value is -1.13. The number of hydrogen-bond acceptors (Lipinski definition) is 3. The summed E-state index contributed by atoms with van der Waals surface area (Å²) in [7, 11) is 1.41. The van der Waals surface area contributed by atoms with Gasteiger partial charge in [0.1, 0.15) is 0 Å². The summed E-state index contributed by atoms with van der Waals surface area (Å²) in [6.07, 6.45) is 1.47. The lowest BCUT2D eigenvalue weighted by Gasteiger charge is -2.10. The summed E-state index contributed by atoms with van der Waals surface area (Å²) < 4.78 is 6.53. The predicted molar refractivity (Wildman–Crippen MR) is 47.5 cm³/mol. The highest BCUT2D eigenvalue weighted by Crippen LogP contribution is 2.16. The van der Waals surface area contributed by atoms with Crippen molar-refractivity contribution >= 4 is 6.29 Å². The third-order valence-electron chi connectivity index (χ3n) is 1.90. The van der Waals surface area contributed by atoms with E-state index in [0.717, 1.165) is 6.29 Å². The summed E-state index contributed by atoms with van der Waals surface area (Å²) in [5.74, 6) is 0. The number of aldehydes is 1. The van der Waals surface area contributed by atoms with Crippen molar-refractivity contribution in [2.45, 2.75) is 19.8 Å². The normalized spacial score (nSPS) is 12.8. The van der Waals surface area contributed by atoms with Gasteiger partial charge in [0, 0.05) is 25.4 Å². The van der Waals surface area contributed by atoms with E-state index in [1.165, 1.54) is 7.11 Å². The summed E-state index contributed by atoms with van der Waals surface area (Å²) in [5, 5.41) is 9.39. The van der Waals surface area contributed by atoms with Crippen LogP contribution in [0.3, 0.4) is 0 Å². The minimum atomic E-state index is -0.964. The summed E-state index contributed by atoms with van der Waals surface area (Å²) in [5.41, 5.74) is 1.15. The van der Waals surface area contributed by atoms with Crippen LogP contribution in [0, 0.1) is 0 Å². The number of carbonyl (C=O) groups is 1. The largest absolute Gasteiger partial charge is 0.363 e. The average molecular weight is 183 g/mol. The quantitative estimate of drug-likeness (QED) is 0.558. The fraction of sp³-hybridized carbons (Fsp3) is 0.444. The molecule has 0 radical (unpaired) electrons. The van der Waals surface area contributed by atoms with E-state index in [-0.39, 0.29) is 0 Å². The van der Waals surface area contributed by atoms with Gasteiger partial charge in [0.25, 0.3) is 0 Å². The van der Waals surface area contributed by atoms with Gasteiger partial charge in [0.2, 0.25) is 0 Å². The van der Waals surface area contributed by atoms with E-state index < -0.39 is 6.29 Å². The fourth-order valence-corrected chi connectivity index (χ4v) is 1.22. The molecule has 0 amide bonds. The highest BCUT2D eigenvalue weighted by Gasteiger charge is 2.12. The summed E-state index contributed by atoms with van der Waals surface area (Å²) in [6, 6.07) is 1.62. The van der Waals surface area contributed by atoms with Crippen molar-refractivity contribution in [1.29, 1.82) is 0 Å². The number of aliphatic hydroxyl groups is 1. The molecule has 1 heterocycles. The number of methoxy groups -OCH3 is 1. The number of rotatable bonds is 4. The molecule has 0 aliphatic heterocycles. The van der Waals surface area contributed by atoms with Crippen LogP contribution in [0.2, 0.25) is 0 Å². The van der Waals surface area contributed by atoms with Crippen LogP contribution in [-0.4, -0.2) is 23.1 Å². The van der Waals surface area contributed by atoms with Gasteiger partial charge in [0.15, 0.2) is 12.6 Å². The molecule has 0 saturated carbocycles. The maximum Gasteiger partial charge on any atom is 0.196 e. The molecule has 0 aromatic carbocycles. The number of nitrogens with zero attached hydrogens (tertiary/aromatic N) is 1. The molecule has 1 aromatic rings. The molecule has 4 nitrogen and oxygen atoms in total. The number of carbonyl (C=O) groups excluding carboxylic acids is 1. The van der Waals surface area contributed by atoms with Crippen LogP contribution in [0.5, 0.6) is 0 Å². The van der Waals surface area contributed by atoms with Crippen LogP contribution in [0.25, 0.3) is 0 Å². The Bertz CT molecular complexity index is 293. The second-order valence-electron chi connectivity index (χ2n) is 2.69. The molecule has 1 unspecified atom stereocenters. The summed E-state index contributed by atoms with van der Waals surface area (Å²) in [6.45, 7) is 2.63. The van der Waals surface area contributed by atoms with Crippen molar-refractivity contribution in [3.63, 3.8) is 0 Å². The van der Waals surface area contributed by atoms with Gasteiger partial charge in [-0.05, 0) is 13.0 Å². The number of ether oxygens (including phenoxy) is 1. The van der Waals surface area contributed by atoms with Crippen LogP contribution < -0.4 is 0 Å². The Morgan fingerprint density at radius 2 is 2.46 bits per heavy atom. The monoisotopic (exact) mass is 183 g/mol. The Morgan fingerprint density at radius 1 is 1.77 bits per heavy atom. The van der Waals surface area contributed by atoms with Crippen LogP contribution in [0.15, 0.2) is 12.3 Å². The van der Waals surface area contributed by atoms with Crippen molar-refractivity contribution < 1.29 is 14.6 Å². The van der Waals surface area contributed by atoms with E-state index in [1.807, 2.05) is 6.92 Å². The minimum Gasteiger partial charge on any atom is -0.363 e. The Kier molecular flexibility index (Phi) is 3.22. The van der Waals surface area contributed by atoms with E-state index in [0.29, 0.717) is 17.8 Å². The van der Waals surface area contributed by atoms with Crippen LogP contribution in [-0.2, 0) is 11.3 Å². The first kappa shape index (κ1) is 9.95. The second kappa shape index (κ2) is 4.20. The average Bonchev–Trinajstić information content (AvgIpc) is 2.59. The highest BCUT2D eigenvalue weighted by atomic mass is 16.6. The molecule has 1 rings (SSSR count). The van der Waals surface area contributed by atoms with E-state index in [4.69, 9.17) is 4.74 Å². The lowest BCUT2D eigenvalue weighted by Crippen LogP contribution is -2.06. The first-order chi connectivity index (χ1) is 6.22. The standard InChI is InChI=1S/C9H13NO3/c1-3-10-5-7(6-11)4-8(10)9(12)13-2/h4-6,9,12H,3H2,1-2H3. The first-order valence-electron chi connectivity index (χ1n) is 4.09. The zero-order chi connectivity index (χ0) is 9.84. The zero-order valence-electron chi connectivity index (χ0n) is 7.73. The lowest BCUT2D eigenvalue weighted by molar-refractivity contribution is -0.0819. The molecule has 1 N–H and O–H groups in total. The molecule has 1 atom stereocenters. The lowest BCUT2D eigenvalue weighted by atomic mass is 10.3. The molecule has 0 fully saturated rings. The van der Waals surface area contributed by atoms with E-state index in [1.54, 1.807) is 16.8 Å². The highest BCUT2D eigenvalue weighted by molar-refractivity contribution is 5.74. The van der Waals surface area contributed by atoms with Gasteiger partial charge in [-0.2, -0.15) is 0 Å². The Labute approximate surface area is 76.7 Å². The Balaban J connectivity index is 3.03. The fourth-order valence-electron chi connectivity index (χ4n) is 1.22. The van der Waals surface area contributed by atoms with Gasteiger partial charge in [0.05, 0.1) is 5.69 Å². The van der Waals surface area contributed by atoms with Crippen LogP contribution in [0.4, 0.5) is 0 Å². The molecule has 72 valence electrons. The first-order valence-corrected chi connectivity index (χ1v) is 4.09. The van der Waals surface area contributed by atoms with Gasteiger partial charge in [-0.1, -0.05) is 0 Å². The number of aromatic nitrogens is 1. The van der Waals surface area contributed by atoms with Gasteiger partial charge >= 0.3 is 0 Å². The van der Waals surface area contributed by atoms with Crippen molar-refractivity contribution in [3.8, 4) is 0 Å². The van der Waals surface area contributed by atoms with E-state index in [2.05, 4.69) is 0 Å². The maximum absolute atomic E-state index is 10.5. The van der Waals surface area contributed by atoms with Crippen molar-refractivity contribution in [3.05, 3.63) is 23.5 Å². The van der Waals surface area contributed by atoms with E-state index >= 15 is 0 Å². The third-order valence-corrected chi connectivity index (χ3v) is 1.90. The molecular weight excluding hydrogens is 170 g/mol. The Morgan fingerprint density at radius 3 is 2.92 bits per heavy atom. The second-order valence-corrected chi connectivity index (χ2v) is 2.69. The number of hydrogen-bond donors (Lipinski definition) is 1. The molecular formula is C9H13NO3. The van der Waals surface area contributed by atoms with Crippen LogP contribution >= 0.6 is 0 Å². The number of aryl methyl sites for hydroxylation is 1. The number of aliphatic hydroxyl groups excluding tert-OH is 1. The zero-order valence-corrected chi connectivity index (χ0v) is 7.73. The van der Waals surface area contributed by atoms with Gasteiger partial charge in [-0.3, -0.25) is 4.79 Å². The molecule has 0 aliphatic rings. The van der Waals surface area contributed by atoms with Crippen molar-refractivity contribution in [2.24, 2.45) is 0 Å². The molecule has 0 spiro atoms. The van der Waals surface area contributed by atoms with Crippen molar-refractivity contribution in [1.82, 2.24) is 4.57 Å². The minimum absolute atomic E-state index is 0.549. The van der Waals surface area contributed by atoms with Crippen LogP contribution in [0.1, 0.15) is 29.3 Å². The van der Waals surface area contributed by atoms with Gasteiger partial charge < -0.3 is 14.4 Å². The smallest absolute Gasteiger partial charge is 0.196 e. The van der Waals surface area contributed by atoms with Gasteiger partial charge in [-0.15, -0.1) is 0 Å². The molecule has 0 bridgehead atoms. The molecule has 4 heteroatoms. The predicted octanol–water partition coefficient (Wildman–Crippen LogP) is 0.958.